The summed E-state index contributed by atoms with van der Waals surface area (Å²) in [5.74, 6) is -0.857. The van der Waals surface area contributed by atoms with E-state index >= 15 is 0 Å². The molecule has 1 aromatic carbocycles. The standard InChI is InChI=1S/C7H3ClF4.C2H6/c8-5-3-4(7(10,11)12)1-2-6(5)9;1-2/h1-3H;1-2H3. The Bertz CT molecular complexity index is 293. The van der Waals surface area contributed by atoms with Crippen LogP contribution in [0.15, 0.2) is 18.2 Å². The van der Waals surface area contributed by atoms with E-state index in [1.165, 1.54) is 0 Å². The lowest BCUT2D eigenvalue weighted by Gasteiger charge is -2.06. The highest BCUT2D eigenvalue weighted by molar-refractivity contribution is 6.30. The minimum absolute atomic E-state index is 0.523. The first-order valence-electron chi connectivity index (χ1n) is 3.93. The third kappa shape index (κ3) is 3.54. The molecule has 0 N–H and O–H groups in total. The van der Waals surface area contributed by atoms with E-state index in [2.05, 4.69) is 0 Å². The van der Waals surface area contributed by atoms with Gasteiger partial charge in [0, 0.05) is 0 Å². The second-order valence-electron chi connectivity index (χ2n) is 2.13. The molecular formula is C9H9ClF4. The molecule has 0 atom stereocenters. The van der Waals surface area contributed by atoms with Gasteiger partial charge < -0.3 is 0 Å². The van der Waals surface area contributed by atoms with Crippen LogP contribution in [0, 0.1) is 5.82 Å². The number of hydrogen-bond donors (Lipinski definition) is 0. The van der Waals surface area contributed by atoms with Gasteiger partial charge in [0.2, 0.25) is 0 Å². The molecule has 0 saturated carbocycles. The molecule has 5 heteroatoms. The van der Waals surface area contributed by atoms with E-state index < -0.39 is 22.6 Å². The Kier molecular flexibility index (Phi) is 4.91. The van der Waals surface area contributed by atoms with E-state index in [4.69, 9.17) is 11.6 Å². The Morgan fingerprint density at radius 2 is 1.64 bits per heavy atom. The van der Waals surface area contributed by atoms with Gasteiger partial charge in [0.25, 0.3) is 0 Å². The Hall–Kier alpha value is -0.770. The number of alkyl halides is 3. The summed E-state index contributed by atoms with van der Waals surface area (Å²) in [6.07, 6.45) is -4.47. The molecule has 1 aromatic rings. The maximum absolute atomic E-state index is 12.4. The number of hydrogen-bond acceptors (Lipinski definition) is 0. The molecule has 80 valence electrons. The van der Waals surface area contributed by atoms with Crippen LogP contribution in [0.5, 0.6) is 0 Å². The van der Waals surface area contributed by atoms with Crippen LogP contribution in [0.25, 0.3) is 0 Å². The van der Waals surface area contributed by atoms with Crippen molar-refractivity contribution in [2.45, 2.75) is 20.0 Å². The van der Waals surface area contributed by atoms with Gasteiger partial charge in [-0.2, -0.15) is 13.2 Å². The molecule has 0 spiro atoms. The molecule has 14 heavy (non-hydrogen) atoms. The minimum Gasteiger partial charge on any atom is -0.205 e. The van der Waals surface area contributed by atoms with Gasteiger partial charge in [0.15, 0.2) is 0 Å². The Morgan fingerprint density at radius 3 is 2.00 bits per heavy atom. The second-order valence-corrected chi connectivity index (χ2v) is 2.53. The normalized spacial score (nSPS) is 10.5. The Morgan fingerprint density at radius 1 is 1.14 bits per heavy atom. The highest BCUT2D eigenvalue weighted by atomic mass is 35.5. The van der Waals surface area contributed by atoms with Crippen molar-refractivity contribution >= 4 is 11.6 Å². The fraction of sp³-hybridized carbons (Fsp3) is 0.333. The quantitative estimate of drug-likeness (QED) is 0.573. The maximum Gasteiger partial charge on any atom is 0.416 e. The zero-order valence-electron chi connectivity index (χ0n) is 7.62. The summed E-state index contributed by atoms with van der Waals surface area (Å²) in [6.45, 7) is 4.00. The predicted molar refractivity (Wildman–Crippen MR) is 47.8 cm³/mol. The van der Waals surface area contributed by atoms with Crippen LogP contribution >= 0.6 is 11.6 Å². The first-order chi connectivity index (χ1) is 6.41. The van der Waals surface area contributed by atoms with Crippen LogP contribution in [0.3, 0.4) is 0 Å². The SMILES string of the molecule is CC.Fc1ccc(C(F)(F)F)cc1Cl. The van der Waals surface area contributed by atoms with Crippen molar-refractivity contribution in [2.75, 3.05) is 0 Å². The van der Waals surface area contributed by atoms with Gasteiger partial charge in [-0.3, -0.25) is 0 Å². The van der Waals surface area contributed by atoms with E-state index in [1.54, 1.807) is 0 Å². The molecule has 0 aliphatic carbocycles. The Balaban J connectivity index is 0.000000791. The van der Waals surface area contributed by atoms with E-state index in [0.29, 0.717) is 18.2 Å². The summed E-state index contributed by atoms with van der Waals surface area (Å²) in [7, 11) is 0. The van der Waals surface area contributed by atoms with Gasteiger partial charge in [-0.05, 0) is 18.2 Å². The molecule has 0 amide bonds. The van der Waals surface area contributed by atoms with Crippen molar-refractivity contribution in [1.29, 1.82) is 0 Å². The van der Waals surface area contributed by atoms with Crippen LogP contribution in [0.1, 0.15) is 19.4 Å². The van der Waals surface area contributed by atoms with Crippen molar-refractivity contribution in [2.24, 2.45) is 0 Å². The molecule has 0 saturated heterocycles. The molecule has 0 unspecified atom stereocenters. The number of benzene rings is 1. The summed E-state index contributed by atoms with van der Waals surface area (Å²) in [6, 6.07) is 1.88. The molecule has 0 bridgehead atoms. The van der Waals surface area contributed by atoms with Gasteiger partial charge in [-0.15, -0.1) is 0 Å². The summed E-state index contributed by atoms with van der Waals surface area (Å²) in [4.78, 5) is 0. The number of rotatable bonds is 0. The predicted octanol–water partition coefficient (Wildman–Crippen LogP) is 4.52. The first kappa shape index (κ1) is 13.2. The van der Waals surface area contributed by atoms with E-state index in [0.717, 1.165) is 0 Å². The van der Waals surface area contributed by atoms with Crippen LogP contribution in [0.4, 0.5) is 17.6 Å². The molecular weight excluding hydrogens is 220 g/mol. The summed E-state index contributed by atoms with van der Waals surface area (Å²) >= 11 is 5.14. The highest BCUT2D eigenvalue weighted by Gasteiger charge is 2.30. The fourth-order valence-electron chi connectivity index (χ4n) is 0.672. The van der Waals surface area contributed by atoms with Crippen molar-refractivity contribution in [3.63, 3.8) is 0 Å². The van der Waals surface area contributed by atoms with Crippen LogP contribution in [-0.4, -0.2) is 0 Å². The molecule has 0 aliphatic rings. The van der Waals surface area contributed by atoms with Crippen LogP contribution in [-0.2, 0) is 6.18 Å². The average Bonchev–Trinajstić information content (AvgIpc) is 2.11. The van der Waals surface area contributed by atoms with Crippen molar-refractivity contribution < 1.29 is 17.6 Å². The van der Waals surface area contributed by atoms with Crippen molar-refractivity contribution in [3.8, 4) is 0 Å². The molecule has 0 fully saturated rings. The fourth-order valence-corrected chi connectivity index (χ4v) is 0.853. The van der Waals surface area contributed by atoms with E-state index in [9.17, 15) is 17.6 Å². The summed E-state index contributed by atoms with van der Waals surface area (Å²) in [5, 5.41) is -0.523. The monoisotopic (exact) mass is 228 g/mol. The molecule has 0 aromatic heterocycles. The van der Waals surface area contributed by atoms with Crippen molar-refractivity contribution in [1.82, 2.24) is 0 Å². The molecule has 0 aliphatic heterocycles. The maximum atomic E-state index is 12.4. The zero-order chi connectivity index (χ0) is 11.4. The average molecular weight is 229 g/mol. The smallest absolute Gasteiger partial charge is 0.205 e. The highest BCUT2D eigenvalue weighted by Crippen LogP contribution is 2.31. The lowest BCUT2D eigenvalue weighted by Crippen LogP contribution is -2.04. The molecule has 0 heterocycles. The molecule has 0 radical (unpaired) electrons. The second kappa shape index (κ2) is 5.20. The van der Waals surface area contributed by atoms with Gasteiger partial charge in [0.05, 0.1) is 10.6 Å². The lowest BCUT2D eigenvalue weighted by molar-refractivity contribution is -0.137. The largest absolute Gasteiger partial charge is 0.416 e. The van der Waals surface area contributed by atoms with Crippen LogP contribution < -0.4 is 0 Å². The third-order valence-corrected chi connectivity index (χ3v) is 1.54. The zero-order valence-corrected chi connectivity index (χ0v) is 8.38. The summed E-state index contributed by atoms with van der Waals surface area (Å²) < 4.78 is 48.1. The van der Waals surface area contributed by atoms with Gasteiger partial charge in [0.1, 0.15) is 5.82 Å². The summed E-state index contributed by atoms with van der Waals surface area (Å²) in [5.41, 5.74) is -0.950. The first-order valence-corrected chi connectivity index (χ1v) is 4.31. The minimum atomic E-state index is -4.47. The molecule has 0 nitrogen and oxygen atoms in total. The van der Waals surface area contributed by atoms with Gasteiger partial charge in [-0.1, -0.05) is 25.4 Å². The molecule has 1 rings (SSSR count). The Labute approximate surface area is 84.5 Å². The lowest BCUT2D eigenvalue weighted by atomic mass is 10.2. The van der Waals surface area contributed by atoms with Gasteiger partial charge in [-0.25, -0.2) is 4.39 Å². The topological polar surface area (TPSA) is 0 Å². The van der Waals surface area contributed by atoms with Crippen LogP contribution in [0.2, 0.25) is 5.02 Å². The van der Waals surface area contributed by atoms with E-state index in [1.807, 2.05) is 13.8 Å². The number of halogens is 5. The van der Waals surface area contributed by atoms with Gasteiger partial charge >= 0.3 is 6.18 Å². The van der Waals surface area contributed by atoms with Crippen molar-refractivity contribution in [3.05, 3.63) is 34.6 Å². The third-order valence-electron chi connectivity index (χ3n) is 1.25. The van der Waals surface area contributed by atoms with E-state index in [-0.39, 0.29) is 0 Å².